The van der Waals surface area contributed by atoms with Crippen molar-refractivity contribution in [3.63, 3.8) is 0 Å². The predicted octanol–water partition coefficient (Wildman–Crippen LogP) is 1.28. The quantitative estimate of drug-likeness (QED) is 0.752. The Morgan fingerprint density at radius 1 is 1.00 bits per heavy atom. The molecule has 1 rings (SSSR count). The average molecular weight is 211 g/mol. The lowest BCUT2D eigenvalue weighted by atomic mass is 10.2. The molecule has 0 aliphatic carbocycles. The summed E-state index contributed by atoms with van der Waals surface area (Å²) < 4.78 is 15.0. The van der Waals surface area contributed by atoms with Gasteiger partial charge in [0, 0.05) is 0 Å². The normalized spacial score (nSPS) is 9.53. The van der Waals surface area contributed by atoms with E-state index < -0.39 is 5.97 Å². The van der Waals surface area contributed by atoms with Crippen LogP contribution in [0.4, 0.5) is 0 Å². The third kappa shape index (κ3) is 2.12. The van der Waals surface area contributed by atoms with Gasteiger partial charge in [0.05, 0.1) is 26.9 Å². The Hall–Kier alpha value is -1.91. The van der Waals surface area contributed by atoms with E-state index >= 15 is 0 Å². The van der Waals surface area contributed by atoms with Crippen LogP contribution in [0.25, 0.3) is 0 Å². The summed E-state index contributed by atoms with van der Waals surface area (Å²) in [6.45, 7) is 0. The molecular formula is C10H11O5. The van der Waals surface area contributed by atoms with Crippen LogP contribution in [0, 0.1) is 0 Å². The zero-order chi connectivity index (χ0) is 11.4. The van der Waals surface area contributed by atoms with E-state index in [2.05, 4.69) is 0 Å². The van der Waals surface area contributed by atoms with Crippen LogP contribution in [0.5, 0.6) is 17.2 Å². The highest BCUT2D eigenvalue weighted by molar-refractivity contribution is 5.89. The fourth-order valence-corrected chi connectivity index (χ4v) is 1.20. The number of hydrogen-bond acceptors (Lipinski definition) is 4. The van der Waals surface area contributed by atoms with Gasteiger partial charge < -0.3 is 14.2 Å². The van der Waals surface area contributed by atoms with Crippen LogP contribution in [0.3, 0.4) is 0 Å². The van der Waals surface area contributed by atoms with Crippen LogP contribution in [-0.4, -0.2) is 27.3 Å². The van der Waals surface area contributed by atoms with Gasteiger partial charge in [-0.05, 0) is 12.1 Å². The van der Waals surface area contributed by atoms with Gasteiger partial charge in [-0.25, -0.2) is 9.90 Å². The summed E-state index contributed by atoms with van der Waals surface area (Å²) in [6, 6.07) is 2.63. The van der Waals surface area contributed by atoms with Crippen LogP contribution in [-0.2, 0) is 5.11 Å². The maximum atomic E-state index is 10.7. The minimum Gasteiger partial charge on any atom is -0.493 e. The molecule has 0 heterocycles. The van der Waals surface area contributed by atoms with Crippen LogP contribution >= 0.6 is 0 Å². The molecule has 5 heteroatoms. The molecule has 1 aromatic carbocycles. The van der Waals surface area contributed by atoms with E-state index in [0.29, 0.717) is 5.75 Å². The summed E-state index contributed by atoms with van der Waals surface area (Å²) >= 11 is 0. The van der Waals surface area contributed by atoms with Crippen molar-refractivity contribution in [2.45, 2.75) is 0 Å². The van der Waals surface area contributed by atoms with Crippen LogP contribution in [0.1, 0.15) is 10.4 Å². The van der Waals surface area contributed by atoms with Crippen molar-refractivity contribution in [3.8, 4) is 17.2 Å². The molecule has 1 radical (unpaired) electrons. The Bertz CT molecular complexity index is 347. The topological polar surface area (TPSA) is 64.7 Å². The van der Waals surface area contributed by atoms with Crippen molar-refractivity contribution in [2.75, 3.05) is 21.3 Å². The Morgan fingerprint density at radius 3 is 1.73 bits per heavy atom. The van der Waals surface area contributed by atoms with Gasteiger partial charge >= 0.3 is 5.97 Å². The van der Waals surface area contributed by atoms with Crippen molar-refractivity contribution in [1.29, 1.82) is 0 Å². The molecule has 0 fully saturated rings. The number of rotatable bonds is 4. The number of hydrogen-bond donors (Lipinski definition) is 0. The van der Waals surface area contributed by atoms with E-state index in [4.69, 9.17) is 14.2 Å². The first-order valence-electron chi connectivity index (χ1n) is 4.15. The maximum Gasteiger partial charge on any atom is 0.386 e. The SMILES string of the molecule is COc1cc(C([O])=O)cc(OC)c1OC. The van der Waals surface area contributed by atoms with Crippen molar-refractivity contribution >= 4 is 5.97 Å². The van der Waals surface area contributed by atoms with Gasteiger partial charge in [-0.3, -0.25) is 0 Å². The summed E-state index contributed by atoms with van der Waals surface area (Å²) in [5.74, 6) is -0.369. The zero-order valence-corrected chi connectivity index (χ0v) is 8.70. The minimum absolute atomic E-state index is 0.0236. The van der Waals surface area contributed by atoms with E-state index in [1.165, 1.54) is 33.5 Å². The number of benzene rings is 1. The molecule has 0 saturated carbocycles. The standard InChI is InChI=1S/C10H11O5/c1-13-7-4-6(10(11)12)5-8(14-2)9(7)15-3/h4-5H,1-3H3. The maximum absolute atomic E-state index is 10.7. The van der Waals surface area contributed by atoms with Crippen molar-refractivity contribution in [2.24, 2.45) is 0 Å². The van der Waals surface area contributed by atoms with E-state index in [1.54, 1.807) is 0 Å². The Balaban J connectivity index is 3.35. The van der Waals surface area contributed by atoms with E-state index in [0.717, 1.165) is 0 Å². The molecule has 0 atom stereocenters. The van der Waals surface area contributed by atoms with Crippen LogP contribution in [0.2, 0.25) is 0 Å². The molecule has 1 aromatic rings. The summed E-state index contributed by atoms with van der Waals surface area (Å²) in [7, 11) is 4.27. The third-order valence-corrected chi connectivity index (χ3v) is 1.90. The second-order valence-corrected chi connectivity index (χ2v) is 2.70. The third-order valence-electron chi connectivity index (χ3n) is 1.90. The first-order chi connectivity index (χ1) is 7.13. The summed E-state index contributed by atoms with van der Waals surface area (Å²) in [4.78, 5) is 10.7. The van der Waals surface area contributed by atoms with Gasteiger partial charge in [-0.1, -0.05) is 0 Å². The molecule has 0 amide bonds. The first-order valence-corrected chi connectivity index (χ1v) is 4.15. The molecular weight excluding hydrogens is 200 g/mol. The smallest absolute Gasteiger partial charge is 0.386 e. The average Bonchev–Trinajstić information content (AvgIpc) is 2.26. The molecule has 15 heavy (non-hydrogen) atoms. The molecule has 0 saturated heterocycles. The summed E-state index contributed by atoms with van der Waals surface area (Å²) in [5, 5.41) is 10.7. The van der Waals surface area contributed by atoms with Crippen LogP contribution in [0.15, 0.2) is 12.1 Å². The number of carbonyl (C=O) groups is 1. The van der Waals surface area contributed by atoms with E-state index in [9.17, 15) is 9.90 Å². The largest absolute Gasteiger partial charge is 0.493 e. The fraction of sp³-hybridized carbons (Fsp3) is 0.300. The molecule has 81 valence electrons. The van der Waals surface area contributed by atoms with Gasteiger partial charge in [0.15, 0.2) is 11.5 Å². The van der Waals surface area contributed by atoms with Gasteiger partial charge in [0.1, 0.15) is 0 Å². The highest BCUT2D eigenvalue weighted by Gasteiger charge is 2.16. The lowest BCUT2D eigenvalue weighted by molar-refractivity contribution is 0.0572. The molecule has 0 aliphatic rings. The molecule has 0 spiro atoms. The van der Waals surface area contributed by atoms with Gasteiger partial charge in [-0.15, -0.1) is 0 Å². The number of methoxy groups -OCH3 is 3. The van der Waals surface area contributed by atoms with E-state index in [1.807, 2.05) is 0 Å². The van der Waals surface area contributed by atoms with E-state index in [-0.39, 0.29) is 17.1 Å². The van der Waals surface area contributed by atoms with Crippen molar-refractivity contribution in [1.82, 2.24) is 0 Å². The summed E-state index contributed by atoms with van der Waals surface area (Å²) in [5.41, 5.74) is -0.0236. The number of ether oxygens (including phenoxy) is 3. The second-order valence-electron chi connectivity index (χ2n) is 2.70. The lowest BCUT2D eigenvalue weighted by Crippen LogP contribution is -2.00. The Labute approximate surface area is 87.2 Å². The summed E-state index contributed by atoms with van der Waals surface area (Å²) in [6.07, 6.45) is 0. The minimum atomic E-state index is -1.30. The molecule has 0 aromatic heterocycles. The fourth-order valence-electron chi connectivity index (χ4n) is 1.20. The molecule has 0 aliphatic heterocycles. The first kappa shape index (κ1) is 11.2. The van der Waals surface area contributed by atoms with Crippen LogP contribution < -0.4 is 14.2 Å². The van der Waals surface area contributed by atoms with Gasteiger partial charge in [-0.2, -0.15) is 0 Å². The lowest BCUT2D eigenvalue weighted by Gasteiger charge is -2.12. The molecule has 0 unspecified atom stereocenters. The highest BCUT2D eigenvalue weighted by Crippen LogP contribution is 2.38. The van der Waals surface area contributed by atoms with Crippen molar-refractivity contribution in [3.05, 3.63) is 17.7 Å². The Kier molecular flexibility index (Phi) is 3.38. The van der Waals surface area contributed by atoms with Gasteiger partial charge in [0.2, 0.25) is 5.75 Å². The molecule has 0 N–H and O–H groups in total. The molecule has 5 nitrogen and oxygen atoms in total. The predicted molar refractivity (Wildman–Crippen MR) is 51.1 cm³/mol. The monoisotopic (exact) mass is 211 g/mol. The van der Waals surface area contributed by atoms with Gasteiger partial charge in [0.25, 0.3) is 0 Å². The highest BCUT2D eigenvalue weighted by atomic mass is 16.5. The molecule has 0 bridgehead atoms. The zero-order valence-electron chi connectivity index (χ0n) is 8.70. The Morgan fingerprint density at radius 2 is 1.47 bits per heavy atom. The van der Waals surface area contributed by atoms with Crippen molar-refractivity contribution < 1.29 is 24.1 Å². The second kappa shape index (κ2) is 4.54. The number of carbonyl (C=O) groups excluding carboxylic acids is 1.